The number of carbonyl (C=O) groups is 1. The second-order valence-electron chi connectivity index (χ2n) is 2.69. The fraction of sp³-hybridized carbons (Fsp3) is 0. The summed E-state index contributed by atoms with van der Waals surface area (Å²) in [5.74, 6) is -1.13. The number of rotatable bonds is 3. The van der Waals surface area contributed by atoms with Crippen LogP contribution in [0.15, 0.2) is 33.1 Å². The predicted molar refractivity (Wildman–Crippen MR) is 62.4 cm³/mol. The molecule has 0 aliphatic rings. The van der Waals surface area contributed by atoms with Crippen LogP contribution in [-0.2, 0) is 0 Å². The van der Waals surface area contributed by atoms with Gasteiger partial charge in [-0.05, 0) is 23.9 Å². The van der Waals surface area contributed by atoms with Crippen LogP contribution in [0.2, 0.25) is 5.02 Å². The van der Waals surface area contributed by atoms with Crippen molar-refractivity contribution in [3.8, 4) is 0 Å². The molecule has 0 saturated carbocycles. The minimum Gasteiger partial charge on any atom is -0.476 e. The number of hydrogen-bond donors (Lipinski definition) is 1. The number of nitrogens with zero attached hydrogens (tertiary/aromatic N) is 2. The maximum atomic E-state index is 10.8. The van der Waals surface area contributed by atoms with Crippen molar-refractivity contribution in [1.82, 2.24) is 9.97 Å². The molecule has 82 valence electrons. The molecule has 0 radical (unpaired) electrons. The topological polar surface area (TPSA) is 63.1 Å². The molecular weight excluding hydrogens is 268 g/mol. The van der Waals surface area contributed by atoms with E-state index in [4.69, 9.17) is 16.7 Å². The molecule has 0 fully saturated rings. The smallest absolute Gasteiger partial charge is 0.356 e. The predicted octanol–water partition coefficient (Wildman–Crippen LogP) is 3.04. The second-order valence-corrected chi connectivity index (χ2v) is 5.25. The first kappa shape index (κ1) is 11.4. The summed E-state index contributed by atoms with van der Waals surface area (Å²) in [6.07, 6.45) is 1.68. The summed E-state index contributed by atoms with van der Waals surface area (Å²) in [5, 5.41) is 11.4. The molecule has 2 aromatic rings. The highest BCUT2D eigenvalue weighted by molar-refractivity contribution is 8.00. The number of carboxylic acids is 1. The molecule has 0 bridgehead atoms. The van der Waals surface area contributed by atoms with Gasteiger partial charge in [-0.3, -0.25) is 0 Å². The van der Waals surface area contributed by atoms with Gasteiger partial charge in [-0.25, -0.2) is 14.8 Å². The molecule has 2 aromatic heterocycles. The summed E-state index contributed by atoms with van der Waals surface area (Å²) in [6.45, 7) is 0. The van der Waals surface area contributed by atoms with Crippen LogP contribution in [0.1, 0.15) is 10.5 Å². The number of carboxylic acid groups (broad SMARTS) is 1. The van der Waals surface area contributed by atoms with E-state index in [-0.39, 0.29) is 10.7 Å². The highest BCUT2D eigenvalue weighted by Crippen LogP contribution is 2.29. The third kappa shape index (κ3) is 2.52. The Bertz CT molecular complexity index is 516. The van der Waals surface area contributed by atoms with E-state index in [0.29, 0.717) is 5.03 Å². The number of thiazole rings is 1. The van der Waals surface area contributed by atoms with Gasteiger partial charge in [-0.1, -0.05) is 11.6 Å². The molecule has 4 nitrogen and oxygen atoms in total. The largest absolute Gasteiger partial charge is 0.476 e. The van der Waals surface area contributed by atoms with Crippen molar-refractivity contribution in [1.29, 1.82) is 0 Å². The zero-order valence-corrected chi connectivity index (χ0v) is 10.1. The van der Waals surface area contributed by atoms with Crippen LogP contribution in [0, 0.1) is 0 Å². The number of pyridine rings is 1. The molecular formula is C9H5ClN2O2S2. The Morgan fingerprint density at radius 1 is 1.50 bits per heavy atom. The third-order valence-corrected chi connectivity index (χ3v) is 3.75. The SMILES string of the molecule is O=C(O)c1nc(Sc2nccs2)ccc1Cl. The fourth-order valence-corrected chi connectivity index (χ4v) is 2.71. The lowest BCUT2D eigenvalue weighted by molar-refractivity contribution is 0.0690. The van der Waals surface area contributed by atoms with Gasteiger partial charge < -0.3 is 5.11 Å². The summed E-state index contributed by atoms with van der Waals surface area (Å²) < 4.78 is 0.811. The highest BCUT2D eigenvalue weighted by Gasteiger charge is 2.12. The Morgan fingerprint density at radius 2 is 2.31 bits per heavy atom. The lowest BCUT2D eigenvalue weighted by atomic mass is 10.3. The highest BCUT2D eigenvalue weighted by atomic mass is 35.5. The first-order valence-corrected chi connectivity index (χ1v) is 6.21. The molecule has 0 aliphatic carbocycles. The van der Waals surface area contributed by atoms with Crippen molar-refractivity contribution in [2.24, 2.45) is 0 Å². The van der Waals surface area contributed by atoms with Gasteiger partial charge in [0.2, 0.25) is 0 Å². The Hall–Kier alpha value is -1.11. The van der Waals surface area contributed by atoms with Crippen molar-refractivity contribution < 1.29 is 9.90 Å². The molecule has 0 aromatic carbocycles. The van der Waals surface area contributed by atoms with Crippen LogP contribution >= 0.6 is 34.7 Å². The Kier molecular flexibility index (Phi) is 3.42. The van der Waals surface area contributed by atoms with Crippen LogP contribution in [-0.4, -0.2) is 21.0 Å². The molecule has 16 heavy (non-hydrogen) atoms. The van der Waals surface area contributed by atoms with Crippen LogP contribution < -0.4 is 0 Å². The molecule has 1 N–H and O–H groups in total. The molecule has 0 saturated heterocycles. The quantitative estimate of drug-likeness (QED) is 0.930. The third-order valence-electron chi connectivity index (χ3n) is 1.62. The van der Waals surface area contributed by atoms with Crippen LogP contribution in [0.25, 0.3) is 0 Å². The van der Waals surface area contributed by atoms with Gasteiger partial charge in [0.1, 0.15) is 5.03 Å². The van der Waals surface area contributed by atoms with Crippen LogP contribution in [0.4, 0.5) is 0 Å². The van der Waals surface area contributed by atoms with Crippen molar-refractivity contribution >= 4 is 40.7 Å². The molecule has 2 heterocycles. The van der Waals surface area contributed by atoms with Crippen LogP contribution in [0.3, 0.4) is 0 Å². The zero-order chi connectivity index (χ0) is 11.5. The Balaban J connectivity index is 2.29. The van der Waals surface area contributed by atoms with Crippen molar-refractivity contribution in [3.63, 3.8) is 0 Å². The van der Waals surface area contributed by atoms with E-state index in [1.165, 1.54) is 29.2 Å². The standard InChI is InChI=1S/C9H5ClN2O2S2/c10-5-1-2-6(12-7(5)8(13)14)16-9-11-3-4-15-9/h1-4H,(H,13,14). The number of halogens is 1. The van der Waals surface area contributed by atoms with Crippen molar-refractivity contribution in [3.05, 3.63) is 34.4 Å². The van der Waals surface area contributed by atoms with Gasteiger partial charge >= 0.3 is 5.97 Å². The average Bonchev–Trinajstić information content (AvgIpc) is 2.73. The number of aromatic carboxylic acids is 1. The lowest BCUT2D eigenvalue weighted by Crippen LogP contribution is -2.01. The van der Waals surface area contributed by atoms with Gasteiger partial charge in [-0.2, -0.15) is 0 Å². The van der Waals surface area contributed by atoms with Crippen LogP contribution in [0.5, 0.6) is 0 Å². The maximum Gasteiger partial charge on any atom is 0.356 e. The minimum absolute atomic E-state index is 0.135. The van der Waals surface area contributed by atoms with E-state index in [1.54, 1.807) is 12.3 Å². The normalized spacial score (nSPS) is 10.3. The fourth-order valence-electron chi connectivity index (χ4n) is 0.981. The summed E-state index contributed by atoms with van der Waals surface area (Å²) in [5.41, 5.74) is -0.136. The van der Waals surface area contributed by atoms with Gasteiger partial charge in [0.15, 0.2) is 10.0 Å². The first-order chi connectivity index (χ1) is 7.66. The summed E-state index contributed by atoms with van der Waals surface area (Å²) in [4.78, 5) is 18.8. The molecule has 0 spiro atoms. The van der Waals surface area contributed by atoms with Gasteiger partial charge in [0.05, 0.1) is 5.02 Å². The van der Waals surface area contributed by atoms with E-state index < -0.39 is 5.97 Å². The molecule has 0 atom stereocenters. The number of hydrogen-bond acceptors (Lipinski definition) is 5. The minimum atomic E-state index is -1.13. The average molecular weight is 273 g/mol. The molecule has 7 heteroatoms. The maximum absolute atomic E-state index is 10.8. The molecule has 2 rings (SSSR count). The summed E-state index contributed by atoms with van der Waals surface area (Å²) in [7, 11) is 0. The van der Waals surface area contributed by atoms with Gasteiger partial charge in [0, 0.05) is 11.6 Å². The molecule has 0 unspecified atom stereocenters. The monoisotopic (exact) mass is 272 g/mol. The van der Waals surface area contributed by atoms with Crippen molar-refractivity contribution in [2.75, 3.05) is 0 Å². The lowest BCUT2D eigenvalue weighted by Gasteiger charge is -2.00. The van der Waals surface area contributed by atoms with E-state index in [9.17, 15) is 4.79 Å². The van der Waals surface area contributed by atoms with E-state index in [1.807, 2.05) is 5.38 Å². The Labute approximate surface area is 104 Å². The van der Waals surface area contributed by atoms with Gasteiger partial charge in [0.25, 0.3) is 0 Å². The molecule has 0 amide bonds. The van der Waals surface area contributed by atoms with E-state index in [2.05, 4.69) is 9.97 Å². The Morgan fingerprint density at radius 3 is 2.94 bits per heavy atom. The first-order valence-electron chi connectivity index (χ1n) is 4.14. The van der Waals surface area contributed by atoms with E-state index in [0.717, 1.165) is 4.34 Å². The zero-order valence-electron chi connectivity index (χ0n) is 7.75. The summed E-state index contributed by atoms with van der Waals surface area (Å²) in [6, 6.07) is 3.19. The van der Waals surface area contributed by atoms with Gasteiger partial charge in [-0.15, -0.1) is 11.3 Å². The molecule has 0 aliphatic heterocycles. The van der Waals surface area contributed by atoms with Crippen molar-refractivity contribution in [2.45, 2.75) is 9.37 Å². The summed E-state index contributed by atoms with van der Waals surface area (Å²) >= 11 is 8.48. The van der Waals surface area contributed by atoms with E-state index >= 15 is 0 Å². The second kappa shape index (κ2) is 4.82. The number of aromatic nitrogens is 2.